The molecule has 0 amide bonds. The maximum atomic E-state index is 11.6. The molecule has 0 saturated carbocycles. The van der Waals surface area contributed by atoms with Gasteiger partial charge in [-0.3, -0.25) is 19.2 Å². The number of benzene rings is 1. The Morgan fingerprint density at radius 1 is 1.19 bits per heavy atom. The second kappa shape index (κ2) is 9.71. The average molecular weight is 476 g/mol. The van der Waals surface area contributed by atoms with Gasteiger partial charge in [0.25, 0.3) is 25.9 Å². The van der Waals surface area contributed by atoms with Crippen LogP contribution in [0.3, 0.4) is 0 Å². The van der Waals surface area contributed by atoms with Crippen molar-refractivity contribution in [3.8, 4) is 0 Å². The Kier molecular flexibility index (Phi) is 7.74. The molecule has 170 valence electrons. The summed E-state index contributed by atoms with van der Waals surface area (Å²) < 4.78 is 68.2. The van der Waals surface area contributed by atoms with Gasteiger partial charge in [-0.25, -0.2) is 0 Å². The molecule has 1 aliphatic rings. The van der Waals surface area contributed by atoms with Crippen molar-refractivity contribution in [3.05, 3.63) is 51.7 Å². The van der Waals surface area contributed by atoms with Crippen molar-refractivity contribution in [2.24, 2.45) is 16.0 Å². The van der Waals surface area contributed by atoms with Gasteiger partial charge in [0, 0.05) is 18.7 Å². The van der Waals surface area contributed by atoms with Crippen LogP contribution in [-0.2, 0) is 25.0 Å². The molecule has 1 aliphatic carbocycles. The van der Waals surface area contributed by atoms with E-state index < -0.39 is 53.6 Å². The fourth-order valence-corrected chi connectivity index (χ4v) is 3.74. The fraction of sp³-hybridized carbons (Fsp3) is 0.375. The van der Waals surface area contributed by atoms with E-state index in [1.165, 1.54) is 6.08 Å². The monoisotopic (exact) mass is 476 g/mol. The Hall–Kier alpha value is -2.56. The number of hydrogen-bond acceptors (Lipinski definition) is 10. The van der Waals surface area contributed by atoms with Gasteiger partial charge in [-0.15, -0.1) is 5.11 Å². The predicted molar refractivity (Wildman–Crippen MR) is 108 cm³/mol. The number of rotatable bonds is 9. The lowest BCUT2D eigenvalue weighted by molar-refractivity contribution is -0.385. The normalized spacial score (nSPS) is 19.9. The summed E-state index contributed by atoms with van der Waals surface area (Å²) in [7, 11) is -8.92. The van der Waals surface area contributed by atoms with Gasteiger partial charge in [-0.1, -0.05) is 6.08 Å². The molecule has 15 heteroatoms. The summed E-state index contributed by atoms with van der Waals surface area (Å²) in [6, 6.07) is 2.14. The van der Waals surface area contributed by atoms with E-state index in [-0.39, 0.29) is 24.4 Å². The minimum atomic E-state index is -4.81. The first kappa shape index (κ1) is 24.7. The van der Waals surface area contributed by atoms with E-state index >= 15 is 0 Å². The first-order valence-corrected chi connectivity index (χ1v) is 11.7. The fourth-order valence-electron chi connectivity index (χ4n) is 2.61. The first-order valence-electron chi connectivity index (χ1n) is 8.68. The molecule has 1 aromatic rings. The standard InChI is InChI=1S/C16H20N4O9S2/c1-10-7-12(17)15(29-5-2-6-30(23,24)25)9-14(10)19-18-13-4-3-11(20(21)22)8-16(13)31(26,27)28/h3-4,7-9,12,15H,2,5-6,17H2,1H3,(H,23,24,25)(H,26,27,28). The molecule has 2 unspecified atom stereocenters. The number of nitrogens with zero attached hydrogens (tertiary/aromatic N) is 3. The number of nitro benzene ring substituents is 1. The number of hydrogen-bond donors (Lipinski definition) is 3. The van der Waals surface area contributed by atoms with Gasteiger partial charge >= 0.3 is 0 Å². The molecular formula is C16H20N4O9S2. The molecular weight excluding hydrogens is 456 g/mol. The topological polar surface area (TPSA) is 212 Å². The van der Waals surface area contributed by atoms with E-state index in [2.05, 4.69) is 10.2 Å². The summed E-state index contributed by atoms with van der Waals surface area (Å²) in [5.41, 5.74) is 5.95. The van der Waals surface area contributed by atoms with Gasteiger partial charge in [0.2, 0.25) is 0 Å². The van der Waals surface area contributed by atoms with E-state index in [0.717, 1.165) is 12.1 Å². The molecule has 0 spiro atoms. The number of nitro groups is 1. The summed E-state index contributed by atoms with van der Waals surface area (Å²) >= 11 is 0. The molecule has 0 radical (unpaired) electrons. The van der Waals surface area contributed by atoms with E-state index in [9.17, 15) is 31.5 Å². The van der Waals surface area contributed by atoms with Gasteiger partial charge in [-0.05, 0) is 31.1 Å². The maximum absolute atomic E-state index is 11.6. The molecule has 0 heterocycles. The Labute approximate surface area is 178 Å². The molecule has 0 fully saturated rings. The highest BCUT2D eigenvalue weighted by molar-refractivity contribution is 7.86. The van der Waals surface area contributed by atoms with E-state index in [0.29, 0.717) is 11.6 Å². The van der Waals surface area contributed by atoms with Crippen LogP contribution in [0.15, 0.2) is 56.7 Å². The van der Waals surface area contributed by atoms with Gasteiger partial charge in [-0.2, -0.15) is 21.9 Å². The molecule has 31 heavy (non-hydrogen) atoms. The van der Waals surface area contributed by atoms with Gasteiger partial charge < -0.3 is 10.5 Å². The van der Waals surface area contributed by atoms with Crippen molar-refractivity contribution in [1.82, 2.24) is 0 Å². The third-order valence-electron chi connectivity index (χ3n) is 4.10. The summed E-state index contributed by atoms with van der Waals surface area (Å²) in [5, 5.41) is 18.6. The summed E-state index contributed by atoms with van der Waals surface area (Å²) in [6.07, 6.45) is 2.45. The molecule has 0 aliphatic heterocycles. The third-order valence-corrected chi connectivity index (χ3v) is 5.79. The van der Waals surface area contributed by atoms with Gasteiger partial charge in [0.15, 0.2) is 0 Å². The zero-order valence-corrected chi connectivity index (χ0v) is 17.8. The summed E-state index contributed by atoms with van der Waals surface area (Å²) in [4.78, 5) is 9.25. The number of allylic oxidation sites excluding steroid dienone is 1. The van der Waals surface area contributed by atoms with Gasteiger partial charge in [0.05, 0.1) is 28.5 Å². The molecule has 2 rings (SSSR count). The van der Waals surface area contributed by atoms with Crippen LogP contribution in [0.5, 0.6) is 0 Å². The highest BCUT2D eigenvalue weighted by Gasteiger charge is 2.23. The zero-order chi connectivity index (χ0) is 23.4. The third kappa shape index (κ3) is 7.27. The molecule has 0 bridgehead atoms. The SMILES string of the molecule is CC1=CC(N)C(OCCCS(=O)(=O)O)C=C1N=Nc1ccc([N+](=O)[O-])cc1S(=O)(=O)O. The Balaban J connectivity index is 2.25. The molecule has 2 atom stereocenters. The first-order chi connectivity index (χ1) is 14.3. The smallest absolute Gasteiger partial charge is 0.297 e. The molecule has 0 aromatic heterocycles. The Morgan fingerprint density at radius 2 is 1.87 bits per heavy atom. The van der Waals surface area contributed by atoms with Crippen LogP contribution >= 0.6 is 0 Å². The lowest BCUT2D eigenvalue weighted by Crippen LogP contribution is -2.36. The van der Waals surface area contributed by atoms with Crippen LogP contribution in [0.1, 0.15) is 13.3 Å². The second-order valence-corrected chi connectivity index (χ2v) is 9.50. The predicted octanol–water partition coefficient (Wildman–Crippen LogP) is 1.76. The van der Waals surface area contributed by atoms with Crippen LogP contribution < -0.4 is 5.73 Å². The maximum Gasteiger partial charge on any atom is 0.297 e. The van der Waals surface area contributed by atoms with E-state index in [1.54, 1.807) is 13.0 Å². The lowest BCUT2D eigenvalue weighted by Gasteiger charge is -2.24. The van der Waals surface area contributed by atoms with Crippen molar-refractivity contribution < 1.29 is 35.6 Å². The molecule has 13 nitrogen and oxygen atoms in total. The average Bonchev–Trinajstić information content (AvgIpc) is 2.64. The molecule has 1 aromatic carbocycles. The van der Waals surface area contributed by atoms with Crippen LogP contribution in [0.2, 0.25) is 0 Å². The van der Waals surface area contributed by atoms with Crippen molar-refractivity contribution in [3.63, 3.8) is 0 Å². The lowest BCUT2D eigenvalue weighted by atomic mass is 9.99. The Bertz CT molecular complexity index is 1160. The number of non-ortho nitro benzene ring substituents is 1. The number of ether oxygens (including phenoxy) is 1. The van der Waals surface area contributed by atoms with Crippen LogP contribution in [0.25, 0.3) is 0 Å². The highest BCUT2D eigenvalue weighted by Crippen LogP contribution is 2.30. The minimum absolute atomic E-state index is 0.0127. The highest BCUT2D eigenvalue weighted by atomic mass is 32.2. The number of nitrogens with two attached hydrogens (primary N) is 1. The number of azo groups is 1. The van der Waals surface area contributed by atoms with Crippen molar-refractivity contribution >= 4 is 31.6 Å². The van der Waals surface area contributed by atoms with Crippen molar-refractivity contribution in [2.45, 2.75) is 30.4 Å². The van der Waals surface area contributed by atoms with E-state index in [4.69, 9.17) is 15.0 Å². The van der Waals surface area contributed by atoms with Crippen LogP contribution in [0, 0.1) is 10.1 Å². The van der Waals surface area contributed by atoms with Crippen molar-refractivity contribution in [2.75, 3.05) is 12.4 Å². The van der Waals surface area contributed by atoms with E-state index in [1.807, 2.05) is 0 Å². The summed E-state index contributed by atoms with van der Waals surface area (Å²) in [6.45, 7) is 1.65. The van der Waals surface area contributed by atoms with Crippen LogP contribution in [-0.4, -0.2) is 55.4 Å². The van der Waals surface area contributed by atoms with Crippen LogP contribution in [0.4, 0.5) is 11.4 Å². The summed E-state index contributed by atoms with van der Waals surface area (Å²) in [5.74, 6) is -0.474. The van der Waals surface area contributed by atoms with Crippen molar-refractivity contribution in [1.29, 1.82) is 0 Å². The largest absolute Gasteiger partial charge is 0.372 e. The quantitative estimate of drug-likeness (QED) is 0.154. The minimum Gasteiger partial charge on any atom is -0.372 e. The van der Waals surface area contributed by atoms with Gasteiger partial charge in [0.1, 0.15) is 10.6 Å². The molecule has 4 N–H and O–H groups in total. The molecule has 0 saturated heterocycles. The zero-order valence-electron chi connectivity index (χ0n) is 16.2. The second-order valence-electron chi connectivity index (χ2n) is 6.54. The Morgan fingerprint density at radius 3 is 2.45 bits per heavy atom.